The maximum absolute atomic E-state index is 12.7. The summed E-state index contributed by atoms with van der Waals surface area (Å²) in [7, 11) is 0. The van der Waals surface area contributed by atoms with Gasteiger partial charge in [0.25, 0.3) is 0 Å². The number of anilines is 2. The molecule has 3 aromatic heterocycles. The Morgan fingerprint density at radius 3 is 2.54 bits per heavy atom. The van der Waals surface area contributed by atoms with E-state index < -0.39 is 0 Å². The Bertz CT molecular complexity index is 996. The number of carbonyl (C=O) groups excluding carboxylic acids is 1. The summed E-state index contributed by atoms with van der Waals surface area (Å²) in [5, 5.41) is 4.27. The first-order valence-corrected chi connectivity index (χ1v) is 10.1. The second kappa shape index (κ2) is 7.67. The van der Waals surface area contributed by atoms with Crippen LogP contribution in [0, 0.1) is 20.8 Å². The van der Waals surface area contributed by atoms with Crippen LogP contribution < -0.4 is 10.2 Å². The van der Waals surface area contributed by atoms with Crippen LogP contribution in [0.4, 0.5) is 11.8 Å². The number of thiophene rings is 1. The van der Waals surface area contributed by atoms with E-state index in [9.17, 15) is 4.79 Å². The number of rotatable bonds is 4. The molecule has 0 aliphatic carbocycles. The van der Waals surface area contributed by atoms with Crippen molar-refractivity contribution < 1.29 is 4.79 Å². The average Bonchev–Trinajstić information content (AvgIpc) is 3.00. The van der Waals surface area contributed by atoms with Gasteiger partial charge in [-0.1, -0.05) is 0 Å². The predicted molar refractivity (Wildman–Crippen MR) is 111 cm³/mol. The van der Waals surface area contributed by atoms with E-state index in [-0.39, 0.29) is 12.5 Å². The first-order valence-electron chi connectivity index (χ1n) is 9.31. The molecule has 28 heavy (non-hydrogen) atoms. The third kappa shape index (κ3) is 3.62. The van der Waals surface area contributed by atoms with E-state index in [4.69, 9.17) is 0 Å². The fourth-order valence-electron chi connectivity index (χ4n) is 3.37. The first-order chi connectivity index (χ1) is 13.5. The number of hydrogen-bond acceptors (Lipinski definition) is 8. The highest BCUT2D eigenvalue weighted by molar-refractivity contribution is 7.18. The van der Waals surface area contributed by atoms with Crippen LogP contribution in [-0.4, -0.2) is 63.5 Å². The number of nitrogens with one attached hydrogen (secondary N) is 1. The molecule has 1 aliphatic rings. The van der Waals surface area contributed by atoms with E-state index in [0.29, 0.717) is 18.9 Å². The molecule has 1 saturated heterocycles. The van der Waals surface area contributed by atoms with E-state index in [2.05, 4.69) is 44.0 Å². The molecule has 0 aromatic carbocycles. The minimum Gasteiger partial charge on any atom is -0.360 e. The minimum absolute atomic E-state index is 0.0719. The number of amides is 1. The van der Waals surface area contributed by atoms with Gasteiger partial charge in [0.15, 0.2) is 0 Å². The number of nitrogens with zero attached hydrogens (tertiary/aromatic N) is 6. The SMILES string of the molecule is Cc1nc(NCC(=O)N2CCN(c3ncccn3)CC2)c2c(C)c(C)sc2n1. The first kappa shape index (κ1) is 18.5. The Kier molecular flexibility index (Phi) is 5.08. The third-order valence-corrected chi connectivity index (χ3v) is 6.12. The highest BCUT2D eigenvalue weighted by Gasteiger charge is 2.23. The van der Waals surface area contributed by atoms with Crippen LogP contribution in [0.3, 0.4) is 0 Å². The van der Waals surface area contributed by atoms with E-state index in [1.54, 1.807) is 29.8 Å². The zero-order valence-corrected chi connectivity index (χ0v) is 17.1. The molecular weight excluding hydrogens is 374 g/mol. The van der Waals surface area contributed by atoms with Crippen LogP contribution >= 0.6 is 11.3 Å². The summed E-state index contributed by atoms with van der Waals surface area (Å²) in [5.74, 6) is 2.24. The maximum Gasteiger partial charge on any atom is 0.242 e. The minimum atomic E-state index is 0.0719. The second-order valence-electron chi connectivity index (χ2n) is 6.85. The highest BCUT2D eigenvalue weighted by atomic mass is 32.1. The lowest BCUT2D eigenvalue weighted by Gasteiger charge is -2.34. The van der Waals surface area contributed by atoms with Crippen molar-refractivity contribution in [3.8, 4) is 0 Å². The molecule has 0 atom stereocenters. The zero-order chi connectivity index (χ0) is 19.7. The highest BCUT2D eigenvalue weighted by Crippen LogP contribution is 2.33. The standard InChI is InChI=1S/C19H23N7OS/c1-12-13(2)28-18-16(12)17(23-14(3)24-18)22-11-15(27)25-7-9-26(10-8-25)19-20-5-4-6-21-19/h4-6H,7-11H2,1-3H3,(H,22,23,24). The van der Waals surface area contributed by atoms with Gasteiger partial charge in [-0.15, -0.1) is 11.3 Å². The number of aromatic nitrogens is 4. The molecule has 3 aromatic rings. The van der Waals surface area contributed by atoms with Gasteiger partial charge in [0.05, 0.1) is 11.9 Å². The summed E-state index contributed by atoms with van der Waals surface area (Å²) < 4.78 is 0. The van der Waals surface area contributed by atoms with Crippen molar-refractivity contribution in [1.82, 2.24) is 24.8 Å². The predicted octanol–water partition coefficient (Wildman–Crippen LogP) is 2.17. The van der Waals surface area contributed by atoms with Crippen molar-refractivity contribution in [2.45, 2.75) is 20.8 Å². The Balaban J connectivity index is 1.40. The lowest BCUT2D eigenvalue weighted by Crippen LogP contribution is -2.50. The fourth-order valence-corrected chi connectivity index (χ4v) is 4.44. The summed E-state index contributed by atoms with van der Waals surface area (Å²) >= 11 is 1.66. The second-order valence-corrected chi connectivity index (χ2v) is 8.06. The summed E-state index contributed by atoms with van der Waals surface area (Å²) in [6.07, 6.45) is 3.48. The Morgan fingerprint density at radius 1 is 1.11 bits per heavy atom. The van der Waals surface area contributed by atoms with Crippen molar-refractivity contribution >= 4 is 39.2 Å². The van der Waals surface area contributed by atoms with Crippen molar-refractivity contribution in [2.24, 2.45) is 0 Å². The van der Waals surface area contributed by atoms with Gasteiger partial charge >= 0.3 is 0 Å². The molecule has 1 N–H and O–H groups in total. The van der Waals surface area contributed by atoms with Crippen LogP contribution in [0.5, 0.6) is 0 Å². The zero-order valence-electron chi connectivity index (χ0n) is 16.3. The van der Waals surface area contributed by atoms with Crippen molar-refractivity contribution in [1.29, 1.82) is 0 Å². The lowest BCUT2D eigenvalue weighted by molar-refractivity contribution is -0.129. The van der Waals surface area contributed by atoms with Crippen LogP contribution in [-0.2, 0) is 4.79 Å². The smallest absolute Gasteiger partial charge is 0.242 e. The largest absolute Gasteiger partial charge is 0.360 e. The summed E-state index contributed by atoms with van der Waals surface area (Å²) in [4.78, 5) is 36.5. The molecule has 9 heteroatoms. The molecular formula is C19H23N7OS. The summed E-state index contributed by atoms with van der Waals surface area (Å²) in [6, 6.07) is 1.80. The molecule has 0 unspecified atom stereocenters. The number of aryl methyl sites for hydroxylation is 3. The number of fused-ring (bicyclic) bond motifs is 1. The molecule has 0 spiro atoms. The Labute approximate surface area is 167 Å². The van der Waals surface area contributed by atoms with Gasteiger partial charge in [-0.05, 0) is 32.4 Å². The molecule has 0 radical (unpaired) electrons. The topological polar surface area (TPSA) is 87.1 Å². The van der Waals surface area contributed by atoms with Gasteiger partial charge in [0, 0.05) is 43.4 Å². The van der Waals surface area contributed by atoms with Gasteiger partial charge in [-0.2, -0.15) is 0 Å². The van der Waals surface area contributed by atoms with Gasteiger partial charge in [0.1, 0.15) is 16.5 Å². The molecule has 0 saturated carbocycles. The van der Waals surface area contributed by atoms with Crippen molar-refractivity contribution in [2.75, 3.05) is 42.9 Å². The third-order valence-electron chi connectivity index (χ3n) is 5.01. The number of piperazine rings is 1. The lowest BCUT2D eigenvalue weighted by atomic mass is 10.2. The quantitative estimate of drug-likeness (QED) is 0.722. The molecule has 8 nitrogen and oxygen atoms in total. The van der Waals surface area contributed by atoms with E-state index >= 15 is 0 Å². The molecule has 146 valence electrons. The monoisotopic (exact) mass is 397 g/mol. The molecule has 4 rings (SSSR count). The molecule has 1 fully saturated rings. The molecule has 1 aliphatic heterocycles. The number of hydrogen-bond donors (Lipinski definition) is 1. The fraction of sp³-hybridized carbons (Fsp3) is 0.421. The van der Waals surface area contributed by atoms with Gasteiger partial charge < -0.3 is 15.1 Å². The Hall–Kier alpha value is -2.81. The van der Waals surface area contributed by atoms with Crippen LogP contribution in [0.2, 0.25) is 0 Å². The summed E-state index contributed by atoms with van der Waals surface area (Å²) in [5.41, 5.74) is 1.17. The van der Waals surface area contributed by atoms with Crippen LogP contribution in [0.1, 0.15) is 16.3 Å². The molecule has 0 bridgehead atoms. The molecule has 4 heterocycles. The maximum atomic E-state index is 12.7. The average molecular weight is 398 g/mol. The van der Waals surface area contributed by atoms with Gasteiger partial charge in [0.2, 0.25) is 11.9 Å². The molecule has 1 amide bonds. The van der Waals surface area contributed by atoms with E-state index in [1.807, 2.05) is 11.8 Å². The Morgan fingerprint density at radius 2 is 1.82 bits per heavy atom. The van der Waals surface area contributed by atoms with Gasteiger partial charge in [-0.3, -0.25) is 4.79 Å². The van der Waals surface area contributed by atoms with E-state index in [1.165, 1.54) is 10.4 Å². The van der Waals surface area contributed by atoms with Crippen molar-refractivity contribution in [3.05, 3.63) is 34.7 Å². The summed E-state index contributed by atoms with van der Waals surface area (Å²) in [6.45, 7) is 9.04. The van der Waals surface area contributed by atoms with E-state index in [0.717, 1.165) is 35.1 Å². The number of carbonyl (C=O) groups is 1. The van der Waals surface area contributed by atoms with Gasteiger partial charge in [-0.25, -0.2) is 19.9 Å². The normalized spacial score (nSPS) is 14.5. The van der Waals surface area contributed by atoms with Crippen LogP contribution in [0.15, 0.2) is 18.5 Å². The van der Waals surface area contributed by atoms with Crippen LogP contribution in [0.25, 0.3) is 10.2 Å². The van der Waals surface area contributed by atoms with Crippen molar-refractivity contribution in [3.63, 3.8) is 0 Å².